The SMILES string of the molecule is CCOC(=O)c1sc(NC(=O)CN2C(=O)N[C@]3(C[C@H](C)CC(C)(C)C3)C2=O)cc1C. The van der Waals surface area contributed by atoms with Crippen LogP contribution in [-0.2, 0) is 14.3 Å². The highest BCUT2D eigenvalue weighted by molar-refractivity contribution is 7.18. The van der Waals surface area contributed by atoms with Gasteiger partial charge in [0.2, 0.25) is 5.91 Å². The number of hydrogen-bond acceptors (Lipinski definition) is 6. The summed E-state index contributed by atoms with van der Waals surface area (Å²) < 4.78 is 5.00. The number of rotatable bonds is 5. The number of esters is 1. The molecule has 30 heavy (non-hydrogen) atoms. The van der Waals surface area contributed by atoms with Crippen LogP contribution >= 0.6 is 11.3 Å². The summed E-state index contributed by atoms with van der Waals surface area (Å²) in [5.41, 5.74) is -0.312. The third kappa shape index (κ3) is 4.35. The molecule has 1 saturated heterocycles. The lowest BCUT2D eigenvalue weighted by molar-refractivity contribution is -0.136. The molecule has 164 valence electrons. The van der Waals surface area contributed by atoms with Crippen molar-refractivity contribution in [2.45, 2.75) is 59.4 Å². The lowest BCUT2D eigenvalue weighted by Gasteiger charge is -2.43. The second-order valence-corrected chi connectivity index (χ2v) is 10.2. The Balaban J connectivity index is 1.69. The third-order valence-corrected chi connectivity index (χ3v) is 6.70. The Morgan fingerprint density at radius 2 is 2.03 bits per heavy atom. The lowest BCUT2D eigenvalue weighted by atomic mass is 9.64. The van der Waals surface area contributed by atoms with Crippen LogP contribution in [0, 0.1) is 18.3 Å². The number of nitrogens with zero attached hydrogens (tertiary/aromatic N) is 1. The molecule has 2 heterocycles. The summed E-state index contributed by atoms with van der Waals surface area (Å²) in [6.07, 6.45) is 2.12. The van der Waals surface area contributed by atoms with Crippen LogP contribution in [0.1, 0.15) is 62.2 Å². The zero-order chi connectivity index (χ0) is 22.3. The molecule has 1 aromatic rings. The summed E-state index contributed by atoms with van der Waals surface area (Å²) in [7, 11) is 0. The summed E-state index contributed by atoms with van der Waals surface area (Å²) >= 11 is 1.11. The number of carbonyl (C=O) groups is 4. The van der Waals surface area contributed by atoms with Gasteiger partial charge in [-0.3, -0.25) is 14.5 Å². The number of hydrogen-bond donors (Lipinski definition) is 2. The molecule has 2 N–H and O–H groups in total. The van der Waals surface area contributed by atoms with Crippen LogP contribution in [-0.4, -0.2) is 47.4 Å². The van der Waals surface area contributed by atoms with E-state index in [4.69, 9.17) is 4.74 Å². The second-order valence-electron chi connectivity index (χ2n) is 9.15. The van der Waals surface area contributed by atoms with Crippen LogP contribution in [0.25, 0.3) is 0 Å². The number of nitrogens with one attached hydrogen (secondary N) is 2. The molecular weight excluding hydrogens is 406 g/mol. The smallest absolute Gasteiger partial charge is 0.348 e. The molecule has 0 unspecified atom stereocenters. The standard InChI is InChI=1S/C21H29N3O5S/c1-6-29-17(26)16-13(3)7-15(30-16)22-14(25)10-24-18(27)21(23-19(24)28)9-12(2)8-20(4,5)11-21/h7,12H,6,8-11H2,1-5H3,(H,22,25)(H,23,28)/t12-,21+/m1/s1. The van der Waals surface area contributed by atoms with E-state index in [-0.39, 0.29) is 24.5 Å². The Bertz CT molecular complexity index is 893. The van der Waals surface area contributed by atoms with Crippen molar-refractivity contribution >= 4 is 40.2 Å². The van der Waals surface area contributed by atoms with Crippen LogP contribution < -0.4 is 10.6 Å². The molecule has 3 rings (SSSR count). The van der Waals surface area contributed by atoms with E-state index in [1.54, 1.807) is 19.9 Å². The maximum Gasteiger partial charge on any atom is 0.348 e. The molecule has 8 nitrogen and oxygen atoms in total. The fourth-order valence-corrected chi connectivity index (χ4v) is 5.90. The number of carbonyl (C=O) groups excluding carboxylic acids is 4. The van der Waals surface area contributed by atoms with Gasteiger partial charge in [0.25, 0.3) is 5.91 Å². The zero-order valence-corrected chi connectivity index (χ0v) is 18.9. The number of anilines is 1. The normalized spacial score (nSPS) is 25.4. The Hall–Kier alpha value is -2.42. The molecule has 0 bridgehead atoms. The summed E-state index contributed by atoms with van der Waals surface area (Å²) in [5, 5.41) is 6.02. The summed E-state index contributed by atoms with van der Waals surface area (Å²) in [4.78, 5) is 51.6. The van der Waals surface area contributed by atoms with Crippen molar-refractivity contribution in [1.82, 2.24) is 10.2 Å². The predicted molar refractivity (Wildman–Crippen MR) is 113 cm³/mol. The van der Waals surface area contributed by atoms with Gasteiger partial charge in [-0.25, -0.2) is 9.59 Å². The van der Waals surface area contributed by atoms with Gasteiger partial charge in [0.1, 0.15) is 17.0 Å². The van der Waals surface area contributed by atoms with Crippen molar-refractivity contribution in [2.24, 2.45) is 11.3 Å². The van der Waals surface area contributed by atoms with E-state index >= 15 is 0 Å². The van der Waals surface area contributed by atoms with Crippen LogP contribution in [0.15, 0.2) is 6.07 Å². The lowest BCUT2D eigenvalue weighted by Crippen LogP contribution is -2.54. The van der Waals surface area contributed by atoms with Gasteiger partial charge < -0.3 is 15.4 Å². The number of amides is 4. The molecule has 1 aliphatic heterocycles. The van der Waals surface area contributed by atoms with Crippen LogP contribution in [0.3, 0.4) is 0 Å². The molecule has 0 aromatic carbocycles. The number of thiophene rings is 1. The minimum absolute atomic E-state index is 0.0726. The first-order valence-corrected chi connectivity index (χ1v) is 11.0. The molecule has 0 radical (unpaired) electrons. The zero-order valence-electron chi connectivity index (χ0n) is 18.1. The van der Waals surface area contributed by atoms with Gasteiger partial charge in [0.15, 0.2) is 0 Å². The maximum atomic E-state index is 13.1. The van der Waals surface area contributed by atoms with E-state index in [0.29, 0.717) is 34.2 Å². The minimum atomic E-state index is -0.935. The molecule has 1 saturated carbocycles. The van der Waals surface area contributed by atoms with Crippen molar-refractivity contribution in [2.75, 3.05) is 18.5 Å². The van der Waals surface area contributed by atoms with Crippen LogP contribution in [0.2, 0.25) is 0 Å². The Kier molecular flexibility index (Phi) is 5.95. The predicted octanol–water partition coefficient (Wildman–Crippen LogP) is 3.31. The van der Waals surface area contributed by atoms with E-state index in [9.17, 15) is 19.2 Å². The molecule has 1 spiro atoms. The first-order valence-electron chi connectivity index (χ1n) is 10.2. The number of imide groups is 1. The van der Waals surface area contributed by atoms with Crippen molar-refractivity contribution in [3.8, 4) is 0 Å². The van der Waals surface area contributed by atoms with Gasteiger partial charge in [-0.05, 0) is 56.1 Å². The van der Waals surface area contributed by atoms with E-state index in [1.807, 2.05) is 0 Å². The van der Waals surface area contributed by atoms with Crippen molar-refractivity contribution in [3.63, 3.8) is 0 Å². The van der Waals surface area contributed by atoms with Crippen LogP contribution in [0.4, 0.5) is 9.80 Å². The molecule has 9 heteroatoms. The highest BCUT2D eigenvalue weighted by Gasteiger charge is 2.56. The highest BCUT2D eigenvalue weighted by Crippen LogP contribution is 2.46. The van der Waals surface area contributed by atoms with Crippen molar-refractivity contribution in [1.29, 1.82) is 0 Å². The molecule has 2 aliphatic rings. The van der Waals surface area contributed by atoms with Crippen molar-refractivity contribution in [3.05, 3.63) is 16.5 Å². The average molecular weight is 436 g/mol. The second kappa shape index (κ2) is 8.02. The summed E-state index contributed by atoms with van der Waals surface area (Å²) in [6, 6.07) is 1.14. The Morgan fingerprint density at radius 1 is 1.33 bits per heavy atom. The first kappa shape index (κ1) is 22.3. The molecule has 1 aliphatic carbocycles. The maximum absolute atomic E-state index is 13.1. The third-order valence-electron chi connectivity index (χ3n) is 5.57. The largest absolute Gasteiger partial charge is 0.462 e. The van der Waals surface area contributed by atoms with Gasteiger partial charge in [-0.1, -0.05) is 20.8 Å². The molecule has 1 aromatic heterocycles. The quantitative estimate of drug-likeness (QED) is 0.545. The monoisotopic (exact) mass is 435 g/mol. The van der Waals surface area contributed by atoms with E-state index in [1.165, 1.54) is 0 Å². The van der Waals surface area contributed by atoms with E-state index in [2.05, 4.69) is 31.4 Å². The average Bonchev–Trinajstić information content (AvgIpc) is 3.06. The van der Waals surface area contributed by atoms with Crippen molar-refractivity contribution < 1.29 is 23.9 Å². The molecular formula is C21H29N3O5S. The summed E-state index contributed by atoms with van der Waals surface area (Å²) in [5.74, 6) is -0.972. The molecule has 2 atom stereocenters. The topological polar surface area (TPSA) is 105 Å². The van der Waals surface area contributed by atoms with E-state index < -0.39 is 23.4 Å². The van der Waals surface area contributed by atoms with Gasteiger partial charge in [-0.15, -0.1) is 11.3 Å². The number of ether oxygens (including phenoxy) is 1. The fourth-order valence-electron chi connectivity index (χ4n) is 4.91. The van der Waals surface area contributed by atoms with Gasteiger partial charge >= 0.3 is 12.0 Å². The van der Waals surface area contributed by atoms with Gasteiger partial charge in [0.05, 0.1) is 11.6 Å². The fraction of sp³-hybridized carbons (Fsp3) is 0.619. The summed E-state index contributed by atoms with van der Waals surface area (Å²) in [6.45, 7) is 9.65. The molecule has 2 fully saturated rings. The number of aryl methyl sites for hydroxylation is 1. The van der Waals surface area contributed by atoms with Gasteiger partial charge in [-0.2, -0.15) is 0 Å². The highest BCUT2D eigenvalue weighted by atomic mass is 32.1. The number of urea groups is 1. The minimum Gasteiger partial charge on any atom is -0.462 e. The van der Waals surface area contributed by atoms with E-state index in [0.717, 1.165) is 22.7 Å². The Morgan fingerprint density at radius 3 is 2.67 bits per heavy atom. The molecule has 4 amide bonds. The Labute approximate surface area is 180 Å². The first-order chi connectivity index (χ1) is 14.0. The van der Waals surface area contributed by atoms with Gasteiger partial charge in [0, 0.05) is 0 Å². The van der Waals surface area contributed by atoms with Crippen LogP contribution in [0.5, 0.6) is 0 Å².